The SMILES string of the molecule is Cc1c(C(=O)c2ccc3c(c2)NC(=O)CO3)oc2ccc(F)cc12. The predicted molar refractivity (Wildman–Crippen MR) is 84.9 cm³/mol. The molecule has 1 amide bonds. The van der Waals surface area contributed by atoms with Crippen LogP contribution in [-0.2, 0) is 4.79 Å². The van der Waals surface area contributed by atoms with Gasteiger partial charge in [-0.05, 0) is 43.3 Å². The van der Waals surface area contributed by atoms with E-state index in [-0.39, 0.29) is 29.9 Å². The minimum atomic E-state index is -0.390. The van der Waals surface area contributed by atoms with Gasteiger partial charge in [0, 0.05) is 16.5 Å². The number of aryl methyl sites for hydroxylation is 1. The van der Waals surface area contributed by atoms with Crippen molar-refractivity contribution >= 4 is 28.3 Å². The summed E-state index contributed by atoms with van der Waals surface area (Å²) < 4.78 is 24.3. The van der Waals surface area contributed by atoms with Crippen molar-refractivity contribution in [2.24, 2.45) is 0 Å². The summed E-state index contributed by atoms with van der Waals surface area (Å²) in [6, 6.07) is 8.89. The summed E-state index contributed by atoms with van der Waals surface area (Å²) in [7, 11) is 0. The second kappa shape index (κ2) is 5.19. The van der Waals surface area contributed by atoms with Crippen molar-refractivity contribution in [3.63, 3.8) is 0 Å². The minimum Gasteiger partial charge on any atom is -0.482 e. The predicted octanol–water partition coefficient (Wildman–Crippen LogP) is 3.44. The highest BCUT2D eigenvalue weighted by Gasteiger charge is 2.22. The Hall–Kier alpha value is -3.15. The smallest absolute Gasteiger partial charge is 0.262 e. The average Bonchev–Trinajstić information content (AvgIpc) is 2.90. The monoisotopic (exact) mass is 325 g/mol. The topological polar surface area (TPSA) is 68.5 Å². The van der Waals surface area contributed by atoms with E-state index >= 15 is 0 Å². The van der Waals surface area contributed by atoms with Crippen LogP contribution < -0.4 is 10.1 Å². The van der Waals surface area contributed by atoms with Crippen LogP contribution in [0.4, 0.5) is 10.1 Å². The fraction of sp³-hybridized carbons (Fsp3) is 0.111. The third kappa shape index (κ3) is 2.23. The Morgan fingerprint density at radius 3 is 2.88 bits per heavy atom. The van der Waals surface area contributed by atoms with Crippen molar-refractivity contribution in [2.75, 3.05) is 11.9 Å². The molecule has 6 heteroatoms. The van der Waals surface area contributed by atoms with Gasteiger partial charge in [0.25, 0.3) is 5.91 Å². The lowest BCUT2D eigenvalue weighted by Gasteiger charge is -2.18. The number of amides is 1. The Bertz CT molecular complexity index is 1010. The van der Waals surface area contributed by atoms with Crippen LogP contribution in [0, 0.1) is 12.7 Å². The number of nitrogens with one attached hydrogen (secondary N) is 1. The van der Waals surface area contributed by atoms with E-state index in [0.717, 1.165) is 0 Å². The Balaban J connectivity index is 1.78. The second-order valence-corrected chi connectivity index (χ2v) is 5.57. The molecule has 0 bridgehead atoms. The molecule has 1 N–H and O–H groups in total. The van der Waals surface area contributed by atoms with Crippen molar-refractivity contribution in [1.82, 2.24) is 0 Å². The fourth-order valence-electron chi connectivity index (χ4n) is 2.77. The molecule has 0 spiro atoms. The number of benzene rings is 2. The third-order valence-electron chi connectivity index (χ3n) is 3.98. The number of carbonyl (C=O) groups is 2. The van der Waals surface area contributed by atoms with Gasteiger partial charge >= 0.3 is 0 Å². The molecule has 1 aliphatic heterocycles. The van der Waals surface area contributed by atoms with Crippen LogP contribution in [0.3, 0.4) is 0 Å². The zero-order valence-corrected chi connectivity index (χ0v) is 12.7. The largest absolute Gasteiger partial charge is 0.482 e. The van der Waals surface area contributed by atoms with Crippen LogP contribution in [0.1, 0.15) is 21.7 Å². The van der Waals surface area contributed by atoms with Gasteiger partial charge in [0.1, 0.15) is 17.1 Å². The minimum absolute atomic E-state index is 0.0471. The van der Waals surface area contributed by atoms with Gasteiger partial charge in [0.05, 0.1) is 5.69 Å². The number of ketones is 1. The molecule has 0 saturated heterocycles. The molecular formula is C18H12FNO4. The molecular weight excluding hydrogens is 313 g/mol. The summed E-state index contributed by atoms with van der Waals surface area (Å²) >= 11 is 0. The number of rotatable bonds is 2. The summed E-state index contributed by atoms with van der Waals surface area (Å²) in [6.07, 6.45) is 0. The maximum atomic E-state index is 13.4. The first kappa shape index (κ1) is 14.4. The van der Waals surface area contributed by atoms with E-state index in [9.17, 15) is 14.0 Å². The normalized spacial score (nSPS) is 13.3. The van der Waals surface area contributed by atoms with Gasteiger partial charge in [-0.3, -0.25) is 9.59 Å². The molecule has 4 rings (SSSR count). The molecule has 0 saturated carbocycles. The van der Waals surface area contributed by atoms with E-state index < -0.39 is 0 Å². The zero-order valence-electron chi connectivity index (χ0n) is 12.7. The summed E-state index contributed by atoms with van der Waals surface area (Å²) in [6.45, 7) is 1.66. The molecule has 2 aromatic carbocycles. The number of halogens is 1. The van der Waals surface area contributed by atoms with Gasteiger partial charge in [-0.2, -0.15) is 0 Å². The van der Waals surface area contributed by atoms with E-state index in [0.29, 0.717) is 33.5 Å². The molecule has 5 nitrogen and oxygen atoms in total. The summed E-state index contributed by atoms with van der Waals surface area (Å²) in [5.41, 5.74) is 1.82. The van der Waals surface area contributed by atoms with E-state index in [1.807, 2.05) is 0 Å². The summed E-state index contributed by atoms with van der Waals surface area (Å²) in [4.78, 5) is 24.2. The van der Waals surface area contributed by atoms with Crippen LogP contribution in [0.25, 0.3) is 11.0 Å². The van der Waals surface area contributed by atoms with E-state index in [4.69, 9.17) is 9.15 Å². The molecule has 2 heterocycles. The Morgan fingerprint density at radius 1 is 1.21 bits per heavy atom. The number of anilines is 1. The van der Waals surface area contributed by atoms with Crippen LogP contribution in [0.5, 0.6) is 5.75 Å². The summed E-state index contributed by atoms with van der Waals surface area (Å²) in [5, 5.41) is 3.22. The highest BCUT2D eigenvalue weighted by Crippen LogP contribution is 2.32. The molecule has 1 aromatic heterocycles. The molecule has 3 aromatic rings. The molecule has 120 valence electrons. The van der Waals surface area contributed by atoms with Gasteiger partial charge in [0.15, 0.2) is 12.4 Å². The standard InChI is InChI=1S/C18H12FNO4/c1-9-12-7-11(19)3-5-14(12)24-18(9)17(22)10-2-4-15-13(6-10)20-16(21)8-23-15/h2-7H,8H2,1H3,(H,20,21). The van der Waals surface area contributed by atoms with Crippen molar-refractivity contribution < 1.29 is 23.1 Å². The Morgan fingerprint density at radius 2 is 2.04 bits per heavy atom. The van der Waals surface area contributed by atoms with Crippen LogP contribution in [0.15, 0.2) is 40.8 Å². The maximum absolute atomic E-state index is 13.4. The fourth-order valence-corrected chi connectivity index (χ4v) is 2.77. The van der Waals surface area contributed by atoms with Crippen LogP contribution in [0.2, 0.25) is 0 Å². The summed E-state index contributed by atoms with van der Waals surface area (Å²) in [5.74, 6) is -0.346. The van der Waals surface area contributed by atoms with Gasteiger partial charge in [0.2, 0.25) is 5.78 Å². The number of hydrogen-bond acceptors (Lipinski definition) is 4. The Kier molecular flexibility index (Phi) is 3.13. The molecule has 1 aliphatic rings. The van der Waals surface area contributed by atoms with Crippen molar-refractivity contribution in [3.8, 4) is 5.75 Å². The van der Waals surface area contributed by atoms with Crippen LogP contribution >= 0.6 is 0 Å². The van der Waals surface area contributed by atoms with Crippen molar-refractivity contribution in [1.29, 1.82) is 0 Å². The maximum Gasteiger partial charge on any atom is 0.262 e. The average molecular weight is 325 g/mol. The number of furan rings is 1. The first-order chi connectivity index (χ1) is 11.5. The Labute approximate surface area is 136 Å². The molecule has 0 atom stereocenters. The second-order valence-electron chi connectivity index (χ2n) is 5.57. The molecule has 0 unspecified atom stereocenters. The van der Waals surface area contributed by atoms with Gasteiger partial charge < -0.3 is 14.5 Å². The van der Waals surface area contributed by atoms with Crippen molar-refractivity contribution in [2.45, 2.75) is 6.92 Å². The first-order valence-corrected chi connectivity index (χ1v) is 7.33. The van der Waals surface area contributed by atoms with Gasteiger partial charge in [-0.15, -0.1) is 0 Å². The molecule has 0 aliphatic carbocycles. The lowest BCUT2D eigenvalue weighted by molar-refractivity contribution is -0.118. The zero-order chi connectivity index (χ0) is 16.8. The number of hydrogen-bond donors (Lipinski definition) is 1. The van der Waals surface area contributed by atoms with Gasteiger partial charge in [-0.1, -0.05) is 0 Å². The van der Waals surface area contributed by atoms with E-state index in [1.54, 1.807) is 25.1 Å². The lowest BCUT2D eigenvalue weighted by atomic mass is 10.0. The highest BCUT2D eigenvalue weighted by atomic mass is 19.1. The lowest BCUT2D eigenvalue weighted by Crippen LogP contribution is -2.25. The molecule has 0 fully saturated rings. The highest BCUT2D eigenvalue weighted by molar-refractivity contribution is 6.11. The van der Waals surface area contributed by atoms with E-state index in [2.05, 4.69) is 5.32 Å². The molecule has 0 radical (unpaired) electrons. The molecule has 24 heavy (non-hydrogen) atoms. The van der Waals surface area contributed by atoms with Crippen LogP contribution in [-0.4, -0.2) is 18.3 Å². The van der Waals surface area contributed by atoms with Gasteiger partial charge in [-0.25, -0.2) is 4.39 Å². The third-order valence-corrected chi connectivity index (χ3v) is 3.98. The number of fused-ring (bicyclic) bond motifs is 2. The number of carbonyl (C=O) groups excluding carboxylic acids is 2. The number of ether oxygens (including phenoxy) is 1. The quantitative estimate of drug-likeness (QED) is 0.733. The van der Waals surface area contributed by atoms with Crippen molar-refractivity contribution in [3.05, 3.63) is 59.1 Å². The van der Waals surface area contributed by atoms with E-state index in [1.165, 1.54) is 18.2 Å². The first-order valence-electron chi connectivity index (χ1n) is 7.33.